The molecule has 0 atom stereocenters. The summed E-state index contributed by atoms with van der Waals surface area (Å²) >= 11 is 6.06. The third-order valence-corrected chi connectivity index (χ3v) is 3.67. The van der Waals surface area contributed by atoms with Crippen molar-refractivity contribution in [2.45, 2.75) is 40.5 Å². The lowest BCUT2D eigenvalue weighted by atomic mass is 9.97. The van der Waals surface area contributed by atoms with Gasteiger partial charge in [0.25, 0.3) is 0 Å². The predicted octanol–water partition coefficient (Wildman–Crippen LogP) is 4.48. The lowest BCUT2D eigenvalue weighted by Gasteiger charge is -2.16. The Morgan fingerprint density at radius 3 is 2.50 bits per heavy atom. The molecule has 108 valence electrons. The third-order valence-electron chi connectivity index (χ3n) is 3.40. The predicted molar refractivity (Wildman–Crippen MR) is 82.4 cm³/mol. The summed E-state index contributed by atoms with van der Waals surface area (Å²) in [5.41, 5.74) is 3.67. The van der Waals surface area contributed by atoms with Gasteiger partial charge < -0.3 is 9.72 Å². The number of hydrogen-bond donors (Lipinski definition) is 1. The summed E-state index contributed by atoms with van der Waals surface area (Å²) < 4.78 is 5.56. The fourth-order valence-corrected chi connectivity index (χ4v) is 2.55. The van der Waals surface area contributed by atoms with Crippen molar-refractivity contribution in [2.75, 3.05) is 0 Å². The van der Waals surface area contributed by atoms with Crippen molar-refractivity contribution in [2.24, 2.45) is 5.41 Å². The largest absolute Gasteiger partial charge is 0.424 e. The van der Waals surface area contributed by atoms with Crippen LogP contribution in [0.5, 0.6) is 5.75 Å². The van der Waals surface area contributed by atoms with Gasteiger partial charge in [0.05, 0.1) is 10.9 Å². The Labute approximate surface area is 124 Å². The molecule has 0 spiro atoms. The number of halogens is 1. The molecule has 1 N–H and O–H groups in total. The van der Waals surface area contributed by atoms with Crippen LogP contribution in [0.25, 0.3) is 10.9 Å². The topological polar surface area (TPSA) is 42.1 Å². The Morgan fingerprint density at radius 2 is 1.95 bits per heavy atom. The Bertz CT molecular complexity index is 665. The number of fused-ring (bicyclic) bond motifs is 1. The molecule has 0 fully saturated rings. The van der Waals surface area contributed by atoms with Gasteiger partial charge in [-0.25, -0.2) is 0 Å². The van der Waals surface area contributed by atoms with Crippen LogP contribution < -0.4 is 4.74 Å². The minimum atomic E-state index is -0.538. The minimum absolute atomic E-state index is 0.252. The summed E-state index contributed by atoms with van der Waals surface area (Å²) in [5, 5.41) is 0.912. The summed E-state index contributed by atoms with van der Waals surface area (Å²) in [4.78, 5) is 15.3. The molecule has 1 aromatic heterocycles. The highest BCUT2D eigenvalue weighted by atomic mass is 35.5. The van der Waals surface area contributed by atoms with Gasteiger partial charge in [0, 0.05) is 17.5 Å². The zero-order valence-electron chi connectivity index (χ0n) is 12.6. The van der Waals surface area contributed by atoms with E-state index in [2.05, 4.69) is 11.1 Å². The molecule has 4 heteroatoms. The van der Waals surface area contributed by atoms with E-state index in [0.29, 0.717) is 11.6 Å². The third kappa shape index (κ3) is 2.55. The number of benzene rings is 1. The number of hydrogen-bond acceptors (Lipinski definition) is 2. The van der Waals surface area contributed by atoms with Gasteiger partial charge in [-0.3, -0.25) is 4.79 Å². The van der Waals surface area contributed by atoms with Gasteiger partial charge in [-0.05, 0) is 51.3 Å². The van der Waals surface area contributed by atoms with E-state index in [4.69, 9.17) is 16.3 Å². The SMILES string of the molecule is Cc1cc(C)c2[nH]cc(OC(=O)C(C)(C)C)c2c1CCl. The molecule has 0 saturated heterocycles. The molecule has 3 nitrogen and oxygen atoms in total. The van der Waals surface area contributed by atoms with E-state index < -0.39 is 5.41 Å². The first-order chi connectivity index (χ1) is 9.25. The van der Waals surface area contributed by atoms with E-state index in [1.807, 2.05) is 34.6 Å². The highest BCUT2D eigenvalue weighted by molar-refractivity contribution is 6.18. The van der Waals surface area contributed by atoms with Gasteiger partial charge in [0.1, 0.15) is 0 Å². The van der Waals surface area contributed by atoms with Gasteiger partial charge in [0.2, 0.25) is 0 Å². The van der Waals surface area contributed by atoms with Crippen LogP contribution in [0.15, 0.2) is 12.3 Å². The van der Waals surface area contributed by atoms with E-state index in [9.17, 15) is 4.79 Å². The van der Waals surface area contributed by atoms with Gasteiger partial charge >= 0.3 is 5.97 Å². The number of H-pyrrole nitrogens is 1. The van der Waals surface area contributed by atoms with E-state index in [-0.39, 0.29) is 5.97 Å². The average molecular weight is 294 g/mol. The second-order valence-corrected chi connectivity index (χ2v) is 6.43. The molecule has 0 amide bonds. The standard InChI is InChI=1S/C16H20ClNO2/c1-9-6-10(2)14-13(11(9)7-17)12(8-18-14)20-15(19)16(3,4)5/h6,8,18H,7H2,1-5H3. The average Bonchev–Trinajstić information content (AvgIpc) is 2.73. The number of esters is 1. The van der Waals surface area contributed by atoms with Gasteiger partial charge in [-0.1, -0.05) is 6.07 Å². The molecule has 0 bridgehead atoms. The molecular formula is C16H20ClNO2. The number of ether oxygens (including phenoxy) is 1. The van der Waals surface area contributed by atoms with E-state index >= 15 is 0 Å². The number of alkyl halides is 1. The lowest BCUT2D eigenvalue weighted by molar-refractivity contribution is -0.142. The molecular weight excluding hydrogens is 274 g/mol. The van der Waals surface area contributed by atoms with Gasteiger partial charge in [-0.2, -0.15) is 0 Å². The van der Waals surface area contributed by atoms with Gasteiger partial charge in [-0.15, -0.1) is 11.6 Å². The van der Waals surface area contributed by atoms with Crippen LogP contribution in [0.2, 0.25) is 0 Å². The molecule has 0 aliphatic carbocycles. The molecule has 2 aromatic rings. The van der Waals surface area contributed by atoms with E-state index in [1.165, 1.54) is 0 Å². The van der Waals surface area contributed by atoms with Crippen molar-refractivity contribution < 1.29 is 9.53 Å². The molecule has 0 unspecified atom stereocenters. The van der Waals surface area contributed by atoms with Crippen LogP contribution in [0, 0.1) is 19.3 Å². The fourth-order valence-electron chi connectivity index (χ4n) is 2.20. The lowest BCUT2D eigenvalue weighted by Crippen LogP contribution is -2.25. The van der Waals surface area contributed by atoms with E-state index in [0.717, 1.165) is 27.6 Å². The summed E-state index contributed by atoms with van der Waals surface area (Å²) in [6, 6.07) is 2.09. The molecule has 0 aliphatic rings. The van der Waals surface area contributed by atoms with Crippen LogP contribution in [-0.4, -0.2) is 11.0 Å². The summed E-state index contributed by atoms with van der Waals surface area (Å²) in [6.07, 6.45) is 1.73. The monoisotopic (exact) mass is 293 g/mol. The van der Waals surface area contributed by atoms with Crippen LogP contribution in [0.4, 0.5) is 0 Å². The van der Waals surface area contributed by atoms with Crippen LogP contribution in [-0.2, 0) is 10.7 Å². The van der Waals surface area contributed by atoms with Crippen molar-refractivity contribution >= 4 is 28.5 Å². The Morgan fingerprint density at radius 1 is 1.30 bits per heavy atom. The maximum atomic E-state index is 12.1. The quantitative estimate of drug-likeness (QED) is 0.655. The van der Waals surface area contributed by atoms with Crippen LogP contribution >= 0.6 is 11.6 Å². The highest BCUT2D eigenvalue weighted by Gasteiger charge is 2.25. The Hall–Kier alpha value is -1.48. The highest BCUT2D eigenvalue weighted by Crippen LogP contribution is 2.35. The second-order valence-electron chi connectivity index (χ2n) is 6.16. The van der Waals surface area contributed by atoms with Crippen molar-refractivity contribution in [1.29, 1.82) is 0 Å². The zero-order chi connectivity index (χ0) is 15.1. The molecule has 1 aromatic carbocycles. The number of carbonyl (C=O) groups excluding carboxylic acids is 1. The Kier molecular flexibility index (Phi) is 3.83. The number of carbonyl (C=O) groups is 1. The molecule has 0 radical (unpaired) electrons. The number of aryl methyl sites for hydroxylation is 2. The normalized spacial score (nSPS) is 11.9. The van der Waals surface area contributed by atoms with Crippen molar-refractivity contribution in [3.8, 4) is 5.75 Å². The first-order valence-electron chi connectivity index (χ1n) is 6.64. The van der Waals surface area contributed by atoms with Crippen LogP contribution in [0.3, 0.4) is 0 Å². The minimum Gasteiger partial charge on any atom is -0.424 e. The number of nitrogens with one attached hydrogen (secondary N) is 1. The fraction of sp³-hybridized carbons (Fsp3) is 0.438. The Balaban J connectivity index is 2.58. The maximum absolute atomic E-state index is 12.1. The molecule has 2 rings (SSSR count). The molecule has 20 heavy (non-hydrogen) atoms. The second kappa shape index (κ2) is 5.13. The number of aromatic nitrogens is 1. The smallest absolute Gasteiger partial charge is 0.316 e. The zero-order valence-corrected chi connectivity index (χ0v) is 13.3. The first-order valence-corrected chi connectivity index (χ1v) is 7.17. The number of rotatable bonds is 2. The van der Waals surface area contributed by atoms with E-state index in [1.54, 1.807) is 6.20 Å². The maximum Gasteiger partial charge on any atom is 0.316 e. The van der Waals surface area contributed by atoms with Crippen molar-refractivity contribution in [1.82, 2.24) is 4.98 Å². The molecule has 0 aliphatic heterocycles. The molecule has 0 saturated carbocycles. The van der Waals surface area contributed by atoms with Crippen LogP contribution in [0.1, 0.15) is 37.5 Å². The molecule has 1 heterocycles. The summed E-state index contributed by atoms with van der Waals surface area (Å²) in [6.45, 7) is 9.56. The number of aromatic amines is 1. The van der Waals surface area contributed by atoms with Gasteiger partial charge in [0.15, 0.2) is 5.75 Å². The first kappa shape index (κ1) is 14.9. The van der Waals surface area contributed by atoms with Crippen molar-refractivity contribution in [3.05, 3.63) is 29.0 Å². The summed E-state index contributed by atoms with van der Waals surface area (Å²) in [7, 11) is 0. The summed E-state index contributed by atoms with van der Waals surface area (Å²) in [5.74, 6) is 0.695. The van der Waals surface area contributed by atoms with Crippen molar-refractivity contribution in [3.63, 3.8) is 0 Å².